The lowest BCUT2D eigenvalue weighted by Crippen LogP contribution is -2.61. The van der Waals surface area contributed by atoms with Crippen LogP contribution in [0.15, 0.2) is 36.4 Å². The summed E-state index contributed by atoms with van der Waals surface area (Å²) < 4.78 is 5.58. The summed E-state index contributed by atoms with van der Waals surface area (Å²) >= 11 is 0. The molecule has 0 bridgehead atoms. The SMILES string of the molecule is CCCC/C=C/COc1ccc(C(=O)N[C@H](C(=O)NO)C(C)(C)N)cc1. The molecule has 0 unspecified atom stereocenters. The van der Waals surface area contributed by atoms with E-state index in [0.717, 1.165) is 19.3 Å². The molecule has 26 heavy (non-hydrogen) atoms. The molecule has 0 spiro atoms. The predicted octanol–water partition coefficient (Wildman–Crippen LogP) is 2.15. The highest BCUT2D eigenvalue weighted by atomic mass is 16.5. The molecule has 144 valence electrons. The molecule has 1 aromatic rings. The zero-order valence-corrected chi connectivity index (χ0v) is 15.6. The molecule has 5 N–H and O–H groups in total. The second-order valence-corrected chi connectivity index (χ2v) is 6.65. The molecule has 0 radical (unpaired) electrons. The first-order valence-corrected chi connectivity index (χ1v) is 8.71. The molecule has 1 rings (SSSR count). The molecule has 1 atom stereocenters. The number of hydrogen-bond donors (Lipinski definition) is 4. The quantitative estimate of drug-likeness (QED) is 0.220. The standard InChI is InChI=1S/C19H29N3O4/c1-4-5-6-7-8-13-26-15-11-9-14(10-12-15)17(23)21-16(18(24)22-25)19(2,3)20/h7-12,16,25H,4-6,13,20H2,1-3H3,(H,21,23)(H,22,24)/b8-7+/t16-/m1/s1. The van der Waals surface area contributed by atoms with E-state index in [0.29, 0.717) is 17.9 Å². The first-order chi connectivity index (χ1) is 12.3. The Morgan fingerprint density at radius 2 is 1.92 bits per heavy atom. The molecule has 0 saturated carbocycles. The van der Waals surface area contributed by atoms with Crippen molar-refractivity contribution in [3.8, 4) is 5.75 Å². The average molecular weight is 363 g/mol. The van der Waals surface area contributed by atoms with E-state index in [1.807, 2.05) is 6.08 Å². The number of rotatable bonds is 10. The van der Waals surface area contributed by atoms with Crippen LogP contribution in [0.2, 0.25) is 0 Å². The van der Waals surface area contributed by atoms with E-state index >= 15 is 0 Å². The zero-order chi connectivity index (χ0) is 19.6. The number of nitrogens with two attached hydrogens (primary N) is 1. The van der Waals surface area contributed by atoms with Crippen LogP contribution in [0.4, 0.5) is 0 Å². The summed E-state index contributed by atoms with van der Waals surface area (Å²) in [6, 6.07) is 5.49. The third-order valence-electron chi connectivity index (χ3n) is 3.75. The topological polar surface area (TPSA) is 114 Å². The van der Waals surface area contributed by atoms with Gasteiger partial charge >= 0.3 is 0 Å². The van der Waals surface area contributed by atoms with E-state index in [9.17, 15) is 9.59 Å². The molecule has 7 heteroatoms. The number of carbonyl (C=O) groups is 2. The van der Waals surface area contributed by atoms with Crippen molar-refractivity contribution in [3.05, 3.63) is 42.0 Å². The van der Waals surface area contributed by atoms with Gasteiger partial charge in [-0.3, -0.25) is 14.8 Å². The van der Waals surface area contributed by atoms with Gasteiger partial charge in [-0.15, -0.1) is 0 Å². The van der Waals surface area contributed by atoms with E-state index in [1.165, 1.54) is 5.48 Å². The van der Waals surface area contributed by atoms with Gasteiger partial charge in [0.05, 0.1) is 0 Å². The van der Waals surface area contributed by atoms with Gasteiger partial charge in [0, 0.05) is 11.1 Å². The minimum atomic E-state index is -1.08. The molecule has 1 aromatic carbocycles. The molecule has 0 saturated heterocycles. The molecular weight excluding hydrogens is 334 g/mol. The van der Waals surface area contributed by atoms with Gasteiger partial charge in [0.1, 0.15) is 18.4 Å². The number of benzene rings is 1. The Kier molecular flexibility index (Phi) is 8.81. The second kappa shape index (κ2) is 10.6. The van der Waals surface area contributed by atoms with E-state index in [1.54, 1.807) is 38.1 Å². The van der Waals surface area contributed by atoms with Crippen molar-refractivity contribution in [1.29, 1.82) is 0 Å². The van der Waals surface area contributed by atoms with Crippen molar-refractivity contribution in [3.63, 3.8) is 0 Å². The smallest absolute Gasteiger partial charge is 0.267 e. The molecule has 0 aliphatic rings. The van der Waals surface area contributed by atoms with Gasteiger partial charge in [-0.05, 0) is 44.5 Å². The second-order valence-electron chi connectivity index (χ2n) is 6.65. The Bertz CT molecular complexity index is 606. The Morgan fingerprint density at radius 1 is 1.27 bits per heavy atom. The van der Waals surface area contributed by atoms with Gasteiger partial charge in [-0.1, -0.05) is 31.9 Å². The van der Waals surface area contributed by atoms with Crippen molar-refractivity contribution >= 4 is 11.8 Å². The van der Waals surface area contributed by atoms with Crippen LogP contribution >= 0.6 is 0 Å². The van der Waals surface area contributed by atoms with Gasteiger partial charge in [-0.2, -0.15) is 0 Å². The highest BCUT2D eigenvalue weighted by Crippen LogP contribution is 2.13. The third-order valence-corrected chi connectivity index (χ3v) is 3.75. The Labute approximate surface area is 154 Å². The third kappa shape index (κ3) is 7.25. The zero-order valence-electron chi connectivity index (χ0n) is 15.6. The van der Waals surface area contributed by atoms with Crippen LogP contribution in [0, 0.1) is 0 Å². The van der Waals surface area contributed by atoms with Crippen molar-refractivity contribution < 1.29 is 19.5 Å². The first kappa shape index (κ1) is 21.7. The Hall–Kier alpha value is -2.38. The largest absolute Gasteiger partial charge is 0.490 e. The number of hydroxylamine groups is 1. The number of nitrogens with one attached hydrogen (secondary N) is 2. The summed E-state index contributed by atoms with van der Waals surface area (Å²) in [5.41, 5.74) is 6.72. The maximum atomic E-state index is 12.3. The van der Waals surface area contributed by atoms with Crippen LogP contribution in [-0.4, -0.2) is 35.2 Å². The minimum Gasteiger partial charge on any atom is -0.490 e. The first-order valence-electron chi connectivity index (χ1n) is 8.71. The number of ether oxygens (including phenoxy) is 1. The van der Waals surface area contributed by atoms with E-state index in [-0.39, 0.29) is 0 Å². The van der Waals surface area contributed by atoms with Crippen LogP contribution in [0.25, 0.3) is 0 Å². The lowest BCUT2D eigenvalue weighted by Gasteiger charge is -2.29. The molecule has 0 fully saturated rings. The monoisotopic (exact) mass is 363 g/mol. The Balaban J connectivity index is 2.62. The normalized spacial score (nSPS) is 12.7. The van der Waals surface area contributed by atoms with E-state index in [2.05, 4.69) is 18.3 Å². The highest BCUT2D eigenvalue weighted by Gasteiger charge is 2.33. The van der Waals surface area contributed by atoms with Gasteiger partial charge in [-0.25, -0.2) is 5.48 Å². The minimum absolute atomic E-state index is 0.357. The summed E-state index contributed by atoms with van der Waals surface area (Å²) in [7, 11) is 0. The fourth-order valence-electron chi connectivity index (χ4n) is 2.22. The van der Waals surface area contributed by atoms with Gasteiger partial charge in [0.15, 0.2) is 0 Å². The molecular formula is C19H29N3O4. The van der Waals surface area contributed by atoms with Crippen molar-refractivity contribution in [2.45, 2.75) is 51.6 Å². The fraction of sp³-hybridized carbons (Fsp3) is 0.474. The maximum absolute atomic E-state index is 12.3. The summed E-state index contributed by atoms with van der Waals surface area (Å²) in [4.78, 5) is 24.0. The van der Waals surface area contributed by atoms with Crippen LogP contribution in [-0.2, 0) is 4.79 Å². The number of carbonyl (C=O) groups excluding carboxylic acids is 2. The van der Waals surface area contributed by atoms with Crippen LogP contribution in [0.5, 0.6) is 5.75 Å². The summed E-state index contributed by atoms with van der Waals surface area (Å²) in [6.45, 7) is 5.78. The number of amides is 2. The van der Waals surface area contributed by atoms with Gasteiger partial charge in [0.2, 0.25) is 0 Å². The number of hydrogen-bond acceptors (Lipinski definition) is 5. The molecule has 0 aromatic heterocycles. The molecule has 0 aliphatic heterocycles. The summed E-state index contributed by atoms with van der Waals surface area (Å²) in [5.74, 6) is -0.603. The fourth-order valence-corrected chi connectivity index (χ4v) is 2.22. The lowest BCUT2D eigenvalue weighted by molar-refractivity contribution is -0.132. The molecule has 7 nitrogen and oxygen atoms in total. The summed E-state index contributed by atoms with van der Waals surface area (Å²) in [6.07, 6.45) is 7.43. The van der Waals surface area contributed by atoms with E-state index in [4.69, 9.17) is 15.7 Å². The average Bonchev–Trinajstić information content (AvgIpc) is 2.61. The van der Waals surface area contributed by atoms with Gasteiger partial charge < -0.3 is 15.8 Å². The molecule has 2 amide bonds. The van der Waals surface area contributed by atoms with Crippen molar-refractivity contribution in [2.75, 3.05) is 6.61 Å². The molecule has 0 aliphatic carbocycles. The van der Waals surface area contributed by atoms with E-state index < -0.39 is 23.4 Å². The van der Waals surface area contributed by atoms with Crippen molar-refractivity contribution in [1.82, 2.24) is 10.8 Å². The summed E-state index contributed by atoms with van der Waals surface area (Å²) in [5, 5.41) is 11.3. The number of allylic oxidation sites excluding steroid dienone is 1. The van der Waals surface area contributed by atoms with Crippen molar-refractivity contribution in [2.24, 2.45) is 5.73 Å². The molecule has 0 heterocycles. The van der Waals surface area contributed by atoms with Crippen LogP contribution in [0.3, 0.4) is 0 Å². The predicted molar refractivity (Wildman–Crippen MR) is 100 cm³/mol. The Morgan fingerprint density at radius 3 is 2.46 bits per heavy atom. The maximum Gasteiger partial charge on any atom is 0.267 e. The van der Waals surface area contributed by atoms with Crippen LogP contribution in [0.1, 0.15) is 50.4 Å². The van der Waals surface area contributed by atoms with Crippen LogP contribution < -0.4 is 21.3 Å². The lowest BCUT2D eigenvalue weighted by atomic mass is 9.95. The highest BCUT2D eigenvalue weighted by molar-refractivity contribution is 5.97. The van der Waals surface area contributed by atoms with Gasteiger partial charge in [0.25, 0.3) is 11.8 Å². The number of unbranched alkanes of at least 4 members (excludes halogenated alkanes) is 2.